The van der Waals surface area contributed by atoms with E-state index >= 15 is 0 Å². The van der Waals surface area contributed by atoms with E-state index in [1.165, 1.54) is 69.8 Å². The van der Waals surface area contributed by atoms with Crippen molar-refractivity contribution < 1.29 is 14.2 Å². The molecule has 178 valence electrons. The fourth-order valence-electron chi connectivity index (χ4n) is 6.25. The largest absolute Gasteiger partial charge is 0.366 e. The number of ether oxygens (including phenoxy) is 3. The lowest BCUT2D eigenvalue weighted by atomic mass is 9.51. The van der Waals surface area contributed by atoms with Crippen LogP contribution in [0.1, 0.15) is 108 Å². The number of benzene rings is 1. The van der Waals surface area contributed by atoms with E-state index in [0.717, 1.165) is 25.9 Å². The van der Waals surface area contributed by atoms with E-state index in [4.69, 9.17) is 14.2 Å². The van der Waals surface area contributed by atoms with E-state index in [2.05, 4.69) is 37.8 Å². The number of hydrogen-bond acceptors (Lipinski definition) is 3. The van der Waals surface area contributed by atoms with Crippen molar-refractivity contribution in [2.75, 3.05) is 19.8 Å². The van der Waals surface area contributed by atoms with Crippen molar-refractivity contribution in [1.82, 2.24) is 0 Å². The first-order valence-electron chi connectivity index (χ1n) is 13.2. The Morgan fingerprint density at radius 2 is 1.69 bits per heavy atom. The molecular formula is C29H44O3. The molecule has 5 rings (SSSR count). The molecule has 4 aliphatic rings. The maximum atomic E-state index is 6.09. The van der Waals surface area contributed by atoms with Gasteiger partial charge in [0.2, 0.25) is 0 Å². The Morgan fingerprint density at radius 1 is 0.938 bits per heavy atom. The van der Waals surface area contributed by atoms with Crippen molar-refractivity contribution in [2.45, 2.75) is 108 Å². The quantitative estimate of drug-likeness (QED) is 0.247. The molecule has 0 aromatic heterocycles. The molecule has 3 saturated carbocycles. The highest BCUT2D eigenvalue weighted by Crippen LogP contribution is 2.59. The summed E-state index contributed by atoms with van der Waals surface area (Å²) in [7, 11) is 0. The molecule has 2 bridgehead atoms. The molecule has 1 aliphatic heterocycles. The molecular weight excluding hydrogens is 396 g/mol. The molecule has 0 N–H and O–H groups in total. The molecule has 3 aliphatic carbocycles. The summed E-state index contributed by atoms with van der Waals surface area (Å²) in [6.45, 7) is 7.88. The van der Waals surface area contributed by atoms with Crippen molar-refractivity contribution in [3.05, 3.63) is 48.0 Å². The highest BCUT2D eigenvalue weighted by Gasteiger charge is 2.48. The van der Waals surface area contributed by atoms with Gasteiger partial charge in [0.05, 0.1) is 13.2 Å². The van der Waals surface area contributed by atoms with Gasteiger partial charge in [-0.2, -0.15) is 0 Å². The third kappa shape index (κ3) is 5.66. The molecule has 1 aromatic carbocycles. The summed E-state index contributed by atoms with van der Waals surface area (Å²) >= 11 is 0. The van der Waals surface area contributed by atoms with E-state index in [1.54, 1.807) is 5.56 Å². The van der Waals surface area contributed by atoms with Crippen LogP contribution >= 0.6 is 0 Å². The van der Waals surface area contributed by atoms with Gasteiger partial charge < -0.3 is 14.2 Å². The molecule has 3 nitrogen and oxygen atoms in total. The van der Waals surface area contributed by atoms with Crippen LogP contribution in [0.2, 0.25) is 0 Å². The monoisotopic (exact) mass is 440 g/mol. The number of unbranched alkanes of at least 4 members (excludes halogenated alkanes) is 4. The average Bonchev–Trinajstić information content (AvgIpc) is 2.86. The predicted molar refractivity (Wildman–Crippen MR) is 131 cm³/mol. The first kappa shape index (κ1) is 24.0. The minimum atomic E-state index is -0.227. The fraction of sp³-hybridized carbons (Fsp3) is 0.724. The number of allylic oxidation sites excluding steroid dienone is 1. The van der Waals surface area contributed by atoms with Crippen LogP contribution < -0.4 is 0 Å². The molecule has 0 radical (unpaired) electrons. The Labute approximate surface area is 195 Å². The molecule has 4 fully saturated rings. The summed E-state index contributed by atoms with van der Waals surface area (Å²) in [4.78, 5) is 0. The lowest BCUT2D eigenvalue weighted by molar-refractivity contribution is -0.236. The molecule has 0 amide bonds. The van der Waals surface area contributed by atoms with E-state index in [1.807, 2.05) is 6.08 Å². The molecule has 0 spiro atoms. The minimum absolute atomic E-state index is 0.0195. The third-order valence-electron chi connectivity index (χ3n) is 8.58. The van der Waals surface area contributed by atoms with Crippen LogP contribution in [0.5, 0.6) is 0 Å². The van der Waals surface area contributed by atoms with Gasteiger partial charge in [-0.25, -0.2) is 0 Å². The molecule has 1 heterocycles. The summed E-state index contributed by atoms with van der Waals surface area (Å²) in [6, 6.07) is 9.34. The third-order valence-corrected chi connectivity index (χ3v) is 8.58. The van der Waals surface area contributed by atoms with E-state index in [-0.39, 0.29) is 12.4 Å². The SMILES string of the molecule is C=CCCCCOC1COC(c2ccc(C34CCC(CCCCC)(CC3)CC4)cc2)CO1. The zero-order chi connectivity index (χ0) is 22.3. The van der Waals surface area contributed by atoms with E-state index in [9.17, 15) is 0 Å². The van der Waals surface area contributed by atoms with Crippen molar-refractivity contribution >= 4 is 0 Å². The predicted octanol–water partition coefficient (Wildman–Crippen LogP) is 7.65. The highest BCUT2D eigenvalue weighted by molar-refractivity contribution is 5.32. The van der Waals surface area contributed by atoms with Gasteiger partial charge >= 0.3 is 0 Å². The molecule has 2 unspecified atom stereocenters. The minimum Gasteiger partial charge on any atom is -0.366 e. The maximum Gasteiger partial charge on any atom is 0.180 e. The summed E-state index contributed by atoms with van der Waals surface area (Å²) in [6.07, 6.45) is 19.1. The van der Waals surface area contributed by atoms with Gasteiger partial charge in [-0.1, -0.05) is 56.5 Å². The normalized spacial score (nSPS) is 32.2. The second kappa shape index (κ2) is 11.3. The zero-order valence-electron chi connectivity index (χ0n) is 20.3. The summed E-state index contributed by atoms with van der Waals surface area (Å²) < 4.78 is 17.8. The van der Waals surface area contributed by atoms with Crippen LogP contribution in [-0.2, 0) is 19.6 Å². The zero-order valence-corrected chi connectivity index (χ0v) is 20.3. The first-order valence-corrected chi connectivity index (χ1v) is 13.2. The van der Waals surface area contributed by atoms with Crippen molar-refractivity contribution in [3.63, 3.8) is 0 Å². The topological polar surface area (TPSA) is 27.7 Å². The maximum absolute atomic E-state index is 6.09. The van der Waals surface area contributed by atoms with Gasteiger partial charge in [-0.3, -0.25) is 0 Å². The van der Waals surface area contributed by atoms with Gasteiger partial charge in [-0.05, 0) is 86.2 Å². The van der Waals surface area contributed by atoms with Crippen LogP contribution in [0.3, 0.4) is 0 Å². The Kier molecular flexibility index (Phi) is 8.48. The van der Waals surface area contributed by atoms with Crippen molar-refractivity contribution in [2.24, 2.45) is 5.41 Å². The molecule has 1 saturated heterocycles. The average molecular weight is 441 g/mol. The van der Waals surface area contributed by atoms with Crippen LogP contribution in [0.15, 0.2) is 36.9 Å². The molecule has 1 aromatic rings. The van der Waals surface area contributed by atoms with Gasteiger partial charge in [0.15, 0.2) is 6.29 Å². The lowest BCUT2D eigenvalue weighted by Crippen LogP contribution is -2.44. The van der Waals surface area contributed by atoms with Crippen LogP contribution in [-0.4, -0.2) is 26.1 Å². The van der Waals surface area contributed by atoms with Gasteiger partial charge in [0.25, 0.3) is 0 Å². The Bertz CT molecular complexity index is 677. The Hall–Kier alpha value is -1.16. The highest BCUT2D eigenvalue weighted by atomic mass is 16.7. The van der Waals surface area contributed by atoms with Gasteiger partial charge in [0.1, 0.15) is 6.10 Å². The van der Waals surface area contributed by atoms with E-state index in [0.29, 0.717) is 24.0 Å². The van der Waals surface area contributed by atoms with E-state index < -0.39 is 0 Å². The van der Waals surface area contributed by atoms with Crippen LogP contribution in [0, 0.1) is 5.41 Å². The first-order chi connectivity index (χ1) is 15.7. The summed E-state index contributed by atoms with van der Waals surface area (Å²) in [5.41, 5.74) is 3.89. The Morgan fingerprint density at radius 3 is 2.31 bits per heavy atom. The molecule has 3 heteroatoms. The Balaban J connectivity index is 1.24. The lowest BCUT2D eigenvalue weighted by Gasteiger charge is -2.54. The second-order valence-corrected chi connectivity index (χ2v) is 10.6. The smallest absolute Gasteiger partial charge is 0.180 e. The standard InChI is InChI=1S/C29H44O3/c1-3-5-7-9-21-30-27-23-31-26(22-32-27)24-10-12-25(13-11-24)29-18-15-28(16-19-29,17-20-29)14-8-6-4-2/h3,10-13,26-27H,1,4-9,14-23H2,2H3. The van der Waals surface area contributed by atoms with Crippen LogP contribution in [0.4, 0.5) is 0 Å². The fourth-order valence-corrected chi connectivity index (χ4v) is 6.25. The van der Waals surface area contributed by atoms with Gasteiger partial charge in [0, 0.05) is 6.61 Å². The summed E-state index contributed by atoms with van der Waals surface area (Å²) in [5.74, 6) is 0. The van der Waals surface area contributed by atoms with Crippen molar-refractivity contribution in [3.8, 4) is 0 Å². The second-order valence-electron chi connectivity index (χ2n) is 10.6. The molecule has 32 heavy (non-hydrogen) atoms. The number of hydrogen-bond donors (Lipinski definition) is 0. The summed E-state index contributed by atoms with van der Waals surface area (Å²) in [5, 5.41) is 0. The number of fused-ring (bicyclic) bond motifs is 3. The number of rotatable bonds is 12. The van der Waals surface area contributed by atoms with Crippen molar-refractivity contribution in [1.29, 1.82) is 0 Å². The van der Waals surface area contributed by atoms with Gasteiger partial charge in [-0.15, -0.1) is 6.58 Å². The molecule has 2 atom stereocenters. The van der Waals surface area contributed by atoms with Crippen LogP contribution in [0.25, 0.3) is 0 Å².